The molecular formula is C14H16O. The van der Waals surface area contributed by atoms with Crippen LogP contribution in [-0.2, 0) is 5.41 Å². The monoisotopic (exact) mass is 200 g/mol. The van der Waals surface area contributed by atoms with Crippen molar-refractivity contribution in [3.63, 3.8) is 0 Å². The highest BCUT2D eigenvalue weighted by molar-refractivity contribution is 5.69. The molecule has 1 fully saturated rings. The standard InChI is InChI=1S/C14H16O/c1-15-12-6-4-5-11-7-10-14(13(11)12)8-2-3-9-14/h4-7,10H,2-3,8-9H2,1H3. The van der Waals surface area contributed by atoms with Crippen LogP contribution in [0.4, 0.5) is 0 Å². The molecule has 0 aliphatic heterocycles. The Morgan fingerprint density at radius 2 is 2.00 bits per heavy atom. The fourth-order valence-corrected chi connectivity index (χ4v) is 3.15. The highest BCUT2D eigenvalue weighted by atomic mass is 16.5. The predicted octanol–water partition coefficient (Wildman–Crippen LogP) is 3.53. The molecule has 1 aromatic rings. The van der Waals surface area contributed by atoms with E-state index in [1.165, 1.54) is 36.8 Å². The van der Waals surface area contributed by atoms with Gasteiger partial charge in [0.2, 0.25) is 0 Å². The van der Waals surface area contributed by atoms with Crippen LogP contribution in [0.25, 0.3) is 6.08 Å². The topological polar surface area (TPSA) is 9.23 Å². The lowest BCUT2D eigenvalue weighted by molar-refractivity contribution is 0.397. The Balaban J connectivity index is 2.18. The number of fused-ring (bicyclic) bond motifs is 2. The van der Waals surface area contributed by atoms with E-state index >= 15 is 0 Å². The molecule has 0 radical (unpaired) electrons. The van der Waals surface area contributed by atoms with Gasteiger partial charge >= 0.3 is 0 Å². The quantitative estimate of drug-likeness (QED) is 0.673. The summed E-state index contributed by atoms with van der Waals surface area (Å²) in [5, 5.41) is 0. The van der Waals surface area contributed by atoms with E-state index in [0.29, 0.717) is 5.41 Å². The van der Waals surface area contributed by atoms with Gasteiger partial charge in [0, 0.05) is 11.0 Å². The van der Waals surface area contributed by atoms with Crippen LogP contribution in [0.1, 0.15) is 36.8 Å². The molecule has 1 aromatic carbocycles. The van der Waals surface area contributed by atoms with Crippen molar-refractivity contribution in [3.8, 4) is 5.75 Å². The van der Waals surface area contributed by atoms with E-state index in [1.807, 2.05) is 0 Å². The fourth-order valence-electron chi connectivity index (χ4n) is 3.15. The van der Waals surface area contributed by atoms with Crippen molar-refractivity contribution in [2.75, 3.05) is 7.11 Å². The molecule has 0 amide bonds. The Labute approximate surface area is 90.8 Å². The third-order valence-corrected chi connectivity index (χ3v) is 3.85. The Bertz CT molecular complexity index is 411. The summed E-state index contributed by atoms with van der Waals surface area (Å²) in [4.78, 5) is 0. The summed E-state index contributed by atoms with van der Waals surface area (Å²) in [6.45, 7) is 0. The summed E-state index contributed by atoms with van der Waals surface area (Å²) in [5.41, 5.74) is 3.10. The second-order valence-corrected chi connectivity index (χ2v) is 4.62. The van der Waals surface area contributed by atoms with E-state index in [2.05, 4.69) is 30.4 Å². The van der Waals surface area contributed by atoms with Gasteiger partial charge in [-0.25, -0.2) is 0 Å². The van der Waals surface area contributed by atoms with E-state index < -0.39 is 0 Å². The van der Waals surface area contributed by atoms with Gasteiger partial charge in [0.25, 0.3) is 0 Å². The van der Waals surface area contributed by atoms with Gasteiger partial charge in [-0.05, 0) is 24.5 Å². The lowest BCUT2D eigenvalue weighted by Crippen LogP contribution is -2.17. The summed E-state index contributed by atoms with van der Waals surface area (Å²) in [5.74, 6) is 1.07. The first-order valence-corrected chi connectivity index (χ1v) is 5.72. The lowest BCUT2D eigenvalue weighted by atomic mass is 9.80. The maximum Gasteiger partial charge on any atom is 0.123 e. The van der Waals surface area contributed by atoms with Crippen molar-refractivity contribution in [1.82, 2.24) is 0 Å². The Hall–Kier alpha value is -1.24. The summed E-state index contributed by atoms with van der Waals surface area (Å²) in [6, 6.07) is 6.36. The van der Waals surface area contributed by atoms with Gasteiger partial charge in [0.05, 0.1) is 7.11 Å². The number of allylic oxidation sites excluding steroid dienone is 1. The molecule has 0 bridgehead atoms. The Kier molecular flexibility index (Phi) is 1.88. The van der Waals surface area contributed by atoms with Crippen molar-refractivity contribution in [2.24, 2.45) is 0 Å². The van der Waals surface area contributed by atoms with Gasteiger partial charge in [-0.15, -0.1) is 0 Å². The van der Waals surface area contributed by atoms with Crippen molar-refractivity contribution in [3.05, 3.63) is 35.4 Å². The van der Waals surface area contributed by atoms with Crippen molar-refractivity contribution < 1.29 is 4.74 Å². The first-order chi connectivity index (χ1) is 7.36. The second kappa shape index (κ2) is 3.13. The zero-order valence-electron chi connectivity index (χ0n) is 9.12. The minimum Gasteiger partial charge on any atom is -0.496 e. The first kappa shape index (κ1) is 9.02. The minimum atomic E-state index is 0.307. The molecule has 0 unspecified atom stereocenters. The van der Waals surface area contributed by atoms with Gasteiger partial charge in [0.1, 0.15) is 5.75 Å². The van der Waals surface area contributed by atoms with Crippen LogP contribution in [0, 0.1) is 0 Å². The van der Waals surface area contributed by atoms with Gasteiger partial charge < -0.3 is 4.74 Å². The zero-order chi connectivity index (χ0) is 10.3. The number of benzene rings is 1. The maximum atomic E-state index is 5.50. The molecule has 0 N–H and O–H groups in total. The number of ether oxygens (including phenoxy) is 1. The average molecular weight is 200 g/mol. The summed E-state index contributed by atoms with van der Waals surface area (Å²) in [6.07, 6.45) is 9.94. The fraction of sp³-hybridized carbons (Fsp3) is 0.429. The van der Waals surface area contributed by atoms with Gasteiger partial charge in [-0.3, -0.25) is 0 Å². The largest absolute Gasteiger partial charge is 0.496 e. The smallest absolute Gasteiger partial charge is 0.123 e. The predicted molar refractivity (Wildman–Crippen MR) is 62.2 cm³/mol. The highest BCUT2D eigenvalue weighted by Gasteiger charge is 2.39. The molecule has 3 rings (SSSR count). The summed E-state index contributed by atoms with van der Waals surface area (Å²) in [7, 11) is 1.77. The molecule has 0 heterocycles. The van der Waals surface area contributed by atoms with E-state index in [-0.39, 0.29) is 0 Å². The average Bonchev–Trinajstić information content (AvgIpc) is 2.89. The molecule has 2 aliphatic rings. The van der Waals surface area contributed by atoms with Crippen LogP contribution in [-0.4, -0.2) is 7.11 Å². The van der Waals surface area contributed by atoms with Crippen molar-refractivity contribution in [1.29, 1.82) is 0 Å². The molecule has 1 saturated carbocycles. The Morgan fingerprint density at radius 1 is 1.20 bits per heavy atom. The van der Waals surface area contributed by atoms with E-state index in [0.717, 1.165) is 5.75 Å². The van der Waals surface area contributed by atoms with E-state index in [1.54, 1.807) is 7.11 Å². The Morgan fingerprint density at radius 3 is 2.73 bits per heavy atom. The molecule has 0 saturated heterocycles. The maximum absolute atomic E-state index is 5.50. The van der Waals surface area contributed by atoms with E-state index in [4.69, 9.17) is 4.74 Å². The molecule has 0 atom stereocenters. The molecule has 1 heteroatoms. The molecule has 2 aliphatic carbocycles. The second-order valence-electron chi connectivity index (χ2n) is 4.62. The van der Waals surface area contributed by atoms with Crippen molar-refractivity contribution in [2.45, 2.75) is 31.1 Å². The van der Waals surface area contributed by atoms with Crippen LogP contribution in [0.2, 0.25) is 0 Å². The normalized spacial score (nSPS) is 20.9. The van der Waals surface area contributed by atoms with Crippen LogP contribution < -0.4 is 4.74 Å². The number of methoxy groups -OCH3 is 1. The van der Waals surface area contributed by atoms with Crippen molar-refractivity contribution >= 4 is 6.08 Å². The minimum absolute atomic E-state index is 0.307. The summed E-state index contributed by atoms with van der Waals surface area (Å²) >= 11 is 0. The van der Waals surface area contributed by atoms with Crippen LogP contribution in [0.15, 0.2) is 24.3 Å². The van der Waals surface area contributed by atoms with Crippen LogP contribution >= 0.6 is 0 Å². The molecule has 1 spiro atoms. The molecule has 0 aromatic heterocycles. The lowest BCUT2D eigenvalue weighted by Gasteiger charge is -2.25. The SMILES string of the molecule is COc1cccc2c1C1(C=C2)CCCC1. The van der Waals surface area contributed by atoms with Gasteiger partial charge in [-0.2, -0.15) is 0 Å². The summed E-state index contributed by atoms with van der Waals surface area (Å²) < 4.78 is 5.50. The highest BCUT2D eigenvalue weighted by Crippen LogP contribution is 2.51. The third-order valence-electron chi connectivity index (χ3n) is 3.85. The van der Waals surface area contributed by atoms with E-state index in [9.17, 15) is 0 Å². The zero-order valence-corrected chi connectivity index (χ0v) is 9.12. The van der Waals surface area contributed by atoms with Gasteiger partial charge in [-0.1, -0.05) is 37.1 Å². The molecule has 1 nitrogen and oxygen atoms in total. The van der Waals surface area contributed by atoms with Crippen LogP contribution in [0.3, 0.4) is 0 Å². The van der Waals surface area contributed by atoms with Crippen LogP contribution in [0.5, 0.6) is 5.75 Å². The molecule has 15 heavy (non-hydrogen) atoms. The number of rotatable bonds is 1. The number of hydrogen-bond donors (Lipinski definition) is 0. The van der Waals surface area contributed by atoms with Gasteiger partial charge in [0.15, 0.2) is 0 Å². The third kappa shape index (κ3) is 1.16. The number of hydrogen-bond acceptors (Lipinski definition) is 1. The molecule has 78 valence electrons. The molecular weight excluding hydrogens is 184 g/mol. The first-order valence-electron chi connectivity index (χ1n) is 5.72.